The van der Waals surface area contributed by atoms with Gasteiger partial charge < -0.3 is 15.3 Å². The third-order valence-corrected chi connectivity index (χ3v) is 7.27. The second kappa shape index (κ2) is 11.0. The van der Waals surface area contributed by atoms with Gasteiger partial charge in [-0.1, -0.05) is 45.9 Å². The van der Waals surface area contributed by atoms with Gasteiger partial charge in [-0.25, -0.2) is 8.42 Å². The smallest absolute Gasteiger partial charge is 0.382 e. The van der Waals surface area contributed by atoms with E-state index in [1.54, 1.807) is 32.0 Å². The average Bonchev–Trinajstić information content (AvgIpc) is 3.24. The van der Waals surface area contributed by atoms with Gasteiger partial charge in [-0.15, -0.1) is 0 Å². The largest absolute Gasteiger partial charge is 0.416 e. The van der Waals surface area contributed by atoms with Crippen LogP contribution in [0.2, 0.25) is 0 Å². The van der Waals surface area contributed by atoms with E-state index in [2.05, 4.69) is 10.0 Å². The molecular formula is C22H32F3N3O5S. The van der Waals surface area contributed by atoms with Crippen LogP contribution >= 0.6 is 0 Å². The minimum atomic E-state index is -4.92. The first kappa shape index (κ1) is 28.1. The van der Waals surface area contributed by atoms with Crippen molar-refractivity contribution >= 4 is 21.8 Å². The van der Waals surface area contributed by atoms with Crippen LogP contribution in [-0.4, -0.2) is 67.2 Å². The van der Waals surface area contributed by atoms with Crippen molar-refractivity contribution in [3.8, 4) is 0 Å². The predicted molar refractivity (Wildman–Crippen MR) is 119 cm³/mol. The van der Waals surface area contributed by atoms with Gasteiger partial charge >= 0.3 is 6.18 Å². The van der Waals surface area contributed by atoms with Gasteiger partial charge in [0, 0.05) is 6.54 Å². The lowest BCUT2D eigenvalue weighted by atomic mass is 9.97. The summed E-state index contributed by atoms with van der Waals surface area (Å²) in [7, 11) is -4.03. The summed E-state index contributed by atoms with van der Waals surface area (Å²) >= 11 is 0. The van der Waals surface area contributed by atoms with Crippen LogP contribution in [0.15, 0.2) is 35.2 Å². The van der Waals surface area contributed by atoms with Crippen LogP contribution in [0.3, 0.4) is 0 Å². The summed E-state index contributed by atoms with van der Waals surface area (Å²) in [6, 6.07) is 3.66. The Bertz CT molecular complexity index is 954. The quantitative estimate of drug-likeness (QED) is 0.473. The number of benzene rings is 1. The molecule has 0 saturated carbocycles. The van der Waals surface area contributed by atoms with Gasteiger partial charge in [0.15, 0.2) is 6.10 Å². The van der Waals surface area contributed by atoms with E-state index in [1.165, 1.54) is 30.9 Å². The van der Waals surface area contributed by atoms with Gasteiger partial charge in [0.05, 0.1) is 10.9 Å². The molecule has 1 saturated heterocycles. The van der Waals surface area contributed by atoms with E-state index in [0.29, 0.717) is 6.42 Å². The molecule has 2 rings (SSSR count). The highest BCUT2D eigenvalue weighted by Gasteiger charge is 2.47. The lowest BCUT2D eigenvalue weighted by Crippen LogP contribution is -2.59. The van der Waals surface area contributed by atoms with E-state index in [-0.39, 0.29) is 17.9 Å². The maximum absolute atomic E-state index is 13.3. The predicted octanol–water partition coefficient (Wildman–Crippen LogP) is 2.04. The normalized spacial score (nSPS) is 19.8. The fourth-order valence-electron chi connectivity index (χ4n) is 3.86. The number of sulfonamides is 1. The Morgan fingerprint density at radius 2 is 1.68 bits per heavy atom. The van der Waals surface area contributed by atoms with Crippen LogP contribution in [0.4, 0.5) is 13.2 Å². The van der Waals surface area contributed by atoms with Crippen molar-refractivity contribution in [2.75, 3.05) is 6.54 Å². The standard InChI is InChI=1S/C22H32F3N3O5S/c1-13(2)17(19(29)22(23,24)25)26-20(30)16-11-8-12-28(16)21(31)18(14(3)4)27-34(32,33)15-9-6-5-7-10-15/h5-7,9-10,13-14,16-19,27,29H,8,11-12H2,1-4H3,(H,26,30)/t16-,17?,18-,19?/m0/s1. The zero-order valence-electron chi connectivity index (χ0n) is 19.5. The highest BCUT2D eigenvalue weighted by molar-refractivity contribution is 7.89. The number of carbonyl (C=O) groups excluding carboxylic acids is 2. The topological polar surface area (TPSA) is 116 Å². The van der Waals surface area contributed by atoms with Crippen molar-refractivity contribution in [2.24, 2.45) is 11.8 Å². The Kier molecular flexibility index (Phi) is 9.11. The molecule has 2 amide bonds. The number of amides is 2. The number of hydrogen-bond donors (Lipinski definition) is 3. The van der Waals surface area contributed by atoms with Crippen molar-refractivity contribution in [1.82, 2.24) is 14.9 Å². The number of halogens is 3. The third kappa shape index (κ3) is 6.70. The Morgan fingerprint density at radius 1 is 1.09 bits per heavy atom. The Balaban J connectivity index is 2.22. The lowest BCUT2D eigenvalue weighted by Gasteiger charge is -2.33. The molecule has 1 aliphatic heterocycles. The molecule has 192 valence electrons. The molecule has 1 fully saturated rings. The summed E-state index contributed by atoms with van der Waals surface area (Å²) in [5.41, 5.74) is 0. The van der Waals surface area contributed by atoms with Gasteiger partial charge in [0.2, 0.25) is 21.8 Å². The van der Waals surface area contributed by atoms with Crippen LogP contribution in [-0.2, 0) is 19.6 Å². The molecule has 0 spiro atoms. The molecule has 8 nitrogen and oxygen atoms in total. The minimum Gasteiger partial charge on any atom is -0.382 e. The maximum atomic E-state index is 13.3. The van der Waals surface area contributed by atoms with Gasteiger partial charge in [-0.3, -0.25) is 9.59 Å². The number of carbonyl (C=O) groups is 2. The van der Waals surface area contributed by atoms with Crippen molar-refractivity contribution in [2.45, 2.75) is 75.8 Å². The number of rotatable bonds is 9. The molecule has 0 bridgehead atoms. The summed E-state index contributed by atoms with van der Waals surface area (Å²) < 4.78 is 67.1. The molecule has 1 aromatic carbocycles. The number of nitrogens with one attached hydrogen (secondary N) is 2. The van der Waals surface area contributed by atoms with Crippen molar-refractivity contribution in [3.05, 3.63) is 30.3 Å². The zero-order chi connectivity index (χ0) is 25.8. The summed E-state index contributed by atoms with van der Waals surface area (Å²) in [5, 5.41) is 11.9. The van der Waals surface area contributed by atoms with Gasteiger partial charge in [0.1, 0.15) is 12.1 Å². The van der Waals surface area contributed by atoms with Crippen molar-refractivity contribution in [3.63, 3.8) is 0 Å². The summed E-state index contributed by atoms with van der Waals surface area (Å²) in [4.78, 5) is 27.4. The number of nitrogens with zero attached hydrogens (tertiary/aromatic N) is 1. The van der Waals surface area contributed by atoms with E-state index in [9.17, 15) is 36.3 Å². The van der Waals surface area contributed by atoms with Crippen LogP contribution in [0.5, 0.6) is 0 Å². The monoisotopic (exact) mass is 507 g/mol. The molecule has 12 heteroatoms. The number of aliphatic hydroxyl groups excluding tert-OH is 1. The first-order valence-corrected chi connectivity index (χ1v) is 12.6. The molecule has 1 heterocycles. The van der Waals surface area contributed by atoms with Crippen LogP contribution in [0.1, 0.15) is 40.5 Å². The molecule has 34 heavy (non-hydrogen) atoms. The van der Waals surface area contributed by atoms with Crippen LogP contribution < -0.4 is 10.0 Å². The SMILES string of the molecule is CC(C)C(NC(=O)[C@@H]1CCCN1C(=O)[C@@H](NS(=O)(=O)c1ccccc1)C(C)C)C(O)C(F)(F)F. The second-order valence-corrected chi connectivity index (χ2v) is 10.8. The molecule has 1 aromatic rings. The second-order valence-electron chi connectivity index (χ2n) is 9.11. The fourth-order valence-corrected chi connectivity index (χ4v) is 5.22. The van der Waals surface area contributed by atoms with E-state index >= 15 is 0 Å². The first-order valence-electron chi connectivity index (χ1n) is 11.1. The molecule has 0 radical (unpaired) electrons. The average molecular weight is 508 g/mol. The molecular weight excluding hydrogens is 475 g/mol. The molecule has 2 unspecified atom stereocenters. The number of likely N-dealkylation sites (tertiary alicyclic amines) is 1. The number of aliphatic hydroxyl groups is 1. The van der Waals surface area contributed by atoms with Gasteiger partial charge in [0.25, 0.3) is 0 Å². The van der Waals surface area contributed by atoms with E-state index in [1.807, 2.05) is 0 Å². The number of alkyl halides is 3. The van der Waals surface area contributed by atoms with Crippen LogP contribution in [0.25, 0.3) is 0 Å². The highest BCUT2D eigenvalue weighted by atomic mass is 32.2. The molecule has 1 aliphatic rings. The summed E-state index contributed by atoms with van der Waals surface area (Å²) in [6.45, 7) is 6.32. The summed E-state index contributed by atoms with van der Waals surface area (Å²) in [6.07, 6.45) is -7.05. The Labute approximate surface area is 197 Å². The van der Waals surface area contributed by atoms with E-state index in [4.69, 9.17) is 0 Å². The van der Waals surface area contributed by atoms with Crippen molar-refractivity contribution in [1.29, 1.82) is 0 Å². The van der Waals surface area contributed by atoms with E-state index in [0.717, 1.165) is 0 Å². The van der Waals surface area contributed by atoms with Gasteiger partial charge in [-0.05, 0) is 36.8 Å². The fraction of sp³-hybridized carbons (Fsp3) is 0.636. The molecule has 0 aliphatic carbocycles. The lowest BCUT2D eigenvalue weighted by molar-refractivity contribution is -0.215. The minimum absolute atomic E-state index is 0.0231. The van der Waals surface area contributed by atoms with Crippen molar-refractivity contribution < 1.29 is 36.3 Å². The highest BCUT2D eigenvalue weighted by Crippen LogP contribution is 2.27. The van der Waals surface area contributed by atoms with Crippen LogP contribution in [0, 0.1) is 11.8 Å². The summed E-state index contributed by atoms with van der Waals surface area (Å²) in [5.74, 6) is -2.65. The van der Waals surface area contributed by atoms with E-state index < -0.39 is 64.1 Å². The molecule has 4 atom stereocenters. The maximum Gasteiger partial charge on any atom is 0.416 e. The Hall–Kier alpha value is -2.18. The number of hydrogen-bond acceptors (Lipinski definition) is 5. The molecule has 3 N–H and O–H groups in total. The van der Waals surface area contributed by atoms with Gasteiger partial charge in [-0.2, -0.15) is 17.9 Å². The zero-order valence-corrected chi connectivity index (χ0v) is 20.4. The third-order valence-electron chi connectivity index (χ3n) is 5.81. The molecule has 0 aromatic heterocycles. The Morgan fingerprint density at radius 3 is 2.18 bits per heavy atom. The first-order chi connectivity index (χ1) is 15.7.